The van der Waals surface area contributed by atoms with E-state index in [9.17, 15) is 4.79 Å². The second kappa shape index (κ2) is 11.5. The molecule has 2 saturated heterocycles. The van der Waals surface area contributed by atoms with Gasteiger partial charge in [-0.15, -0.1) is 0 Å². The van der Waals surface area contributed by atoms with Gasteiger partial charge in [-0.3, -0.25) is 19.6 Å². The monoisotopic (exact) mass is 510 g/mol. The van der Waals surface area contributed by atoms with Crippen LogP contribution >= 0.6 is 0 Å². The second-order valence-electron chi connectivity index (χ2n) is 9.94. The molecule has 0 spiro atoms. The standard InChI is InChI=1S/C27H38N6O4/c1-35-23-15-20(16-24(36-2)27(23)37-3)22-17-29-25(18-28-22)32-9-7-30(8-10-32)19-26(34)33-13-11-31(12-14-33)21-5-4-6-21/h15-18,21H,4-14,19H2,1-3H3. The van der Waals surface area contributed by atoms with Crippen molar-refractivity contribution in [3.05, 3.63) is 24.5 Å². The number of hydrogen-bond acceptors (Lipinski definition) is 9. The topological polar surface area (TPSA) is 83.5 Å². The lowest BCUT2D eigenvalue weighted by molar-refractivity contribution is -0.134. The number of carbonyl (C=O) groups is 1. The minimum absolute atomic E-state index is 0.260. The van der Waals surface area contributed by atoms with Gasteiger partial charge in [0.1, 0.15) is 5.82 Å². The number of benzene rings is 1. The Morgan fingerprint density at radius 1 is 0.865 bits per heavy atom. The Bertz CT molecular complexity index is 1040. The van der Waals surface area contributed by atoms with E-state index in [1.165, 1.54) is 19.3 Å². The van der Waals surface area contributed by atoms with Crippen molar-refractivity contribution >= 4 is 11.7 Å². The molecule has 0 N–H and O–H groups in total. The number of methoxy groups -OCH3 is 3. The highest BCUT2D eigenvalue weighted by Crippen LogP contribution is 2.40. The fourth-order valence-electron chi connectivity index (χ4n) is 5.38. The summed E-state index contributed by atoms with van der Waals surface area (Å²) in [6.45, 7) is 7.59. The lowest BCUT2D eigenvalue weighted by atomic mass is 9.91. The van der Waals surface area contributed by atoms with Gasteiger partial charge < -0.3 is 24.0 Å². The fraction of sp³-hybridized carbons (Fsp3) is 0.593. The quantitative estimate of drug-likeness (QED) is 0.529. The van der Waals surface area contributed by atoms with Crippen LogP contribution in [-0.2, 0) is 4.79 Å². The van der Waals surface area contributed by atoms with Gasteiger partial charge in [-0.2, -0.15) is 0 Å². The Hall–Kier alpha value is -3.11. The van der Waals surface area contributed by atoms with E-state index in [2.05, 4.69) is 29.6 Å². The molecule has 5 rings (SSSR count). The molecule has 10 heteroatoms. The van der Waals surface area contributed by atoms with Gasteiger partial charge in [0.15, 0.2) is 11.5 Å². The van der Waals surface area contributed by atoms with Crippen LogP contribution in [0.25, 0.3) is 11.3 Å². The van der Waals surface area contributed by atoms with Crippen LogP contribution < -0.4 is 19.1 Å². The van der Waals surface area contributed by atoms with Crippen molar-refractivity contribution in [3.63, 3.8) is 0 Å². The van der Waals surface area contributed by atoms with E-state index in [4.69, 9.17) is 14.2 Å². The van der Waals surface area contributed by atoms with Crippen molar-refractivity contribution < 1.29 is 19.0 Å². The number of carbonyl (C=O) groups excluding carboxylic acids is 1. The molecule has 1 amide bonds. The lowest BCUT2D eigenvalue weighted by Crippen LogP contribution is -2.56. The maximum Gasteiger partial charge on any atom is 0.236 e. The summed E-state index contributed by atoms with van der Waals surface area (Å²) in [6.07, 6.45) is 7.60. The Morgan fingerprint density at radius 3 is 2.05 bits per heavy atom. The first-order valence-electron chi connectivity index (χ1n) is 13.2. The molecule has 200 valence electrons. The number of hydrogen-bond donors (Lipinski definition) is 0. The van der Waals surface area contributed by atoms with E-state index >= 15 is 0 Å². The average molecular weight is 511 g/mol. The molecule has 0 atom stereocenters. The number of nitrogens with zero attached hydrogens (tertiary/aromatic N) is 6. The molecular weight excluding hydrogens is 472 g/mol. The van der Waals surface area contributed by atoms with Gasteiger partial charge in [0, 0.05) is 64.0 Å². The van der Waals surface area contributed by atoms with Gasteiger partial charge in [-0.05, 0) is 25.0 Å². The zero-order valence-electron chi connectivity index (χ0n) is 22.2. The molecule has 0 bridgehead atoms. The molecule has 1 aliphatic carbocycles. The summed E-state index contributed by atoms with van der Waals surface area (Å²) in [4.78, 5) is 31.3. The highest BCUT2D eigenvalue weighted by Gasteiger charge is 2.30. The molecule has 3 heterocycles. The third-order valence-corrected chi connectivity index (χ3v) is 7.91. The maximum atomic E-state index is 12.9. The summed E-state index contributed by atoms with van der Waals surface area (Å²) in [7, 11) is 4.78. The zero-order valence-corrected chi connectivity index (χ0v) is 22.2. The predicted molar refractivity (Wildman–Crippen MR) is 142 cm³/mol. The molecule has 0 unspecified atom stereocenters. The fourth-order valence-corrected chi connectivity index (χ4v) is 5.38. The van der Waals surface area contributed by atoms with Crippen molar-refractivity contribution in [1.82, 2.24) is 24.7 Å². The average Bonchev–Trinajstić information content (AvgIpc) is 2.92. The van der Waals surface area contributed by atoms with E-state index in [1.54, 1.807) is 33.7 Å². The molecule has 2 aromatic rings. The van der Waals surface area contributed by atoms with Gasteiger partial charge in [-0.1, -0.05) is 6.42 Å². The SMILES string of the molecule is COc1cc(-c2cnc(N3CCN(CC(=O)N4CCN(C5CCC5)CC4)CC3)cn2)cc(OC)c1OC. The third kappa shape index (κ3) is 5.60. The van der Waals surface area contributed by atoms with Crippen molar-refractivity contribution in [2.75, 3.05) is 85.1 Å². The molecule has 1 saturated carbocycles. The van der Waals surface area contributed by atoms with Crippen LogP contribution in [0.3, 0.4) is 0 Å². The van der Waals surface area contributed by atoms with E-state index < -0.39 is 0 Å². The molecule has 2 aliphatic heterocycles. The summed E-state index contributed by atoms with van der Waals surface area (Å²) < 4.78 is 16.3. The predicted octanol–water partition coefficient (Wildman–Crippen LogP) is 1.99. The summed E-state index contributed by atoms with van der Waals surface area (Å²) in [6, 6.07) is 4.51. The van der Waals surface area contributed by atoms with Crippen LogP contribution in [0.4, 0.5) is 5.82 Å². The second-order valence-corrected chi connectivity index (χ2v) is 9.94. The highest BCUT2D eigenvalue weighted by molar-refractivity contribution is 5.78. The molecular formula is C27H38N6O4. The maximum absolute atomic E-state index is 12.9. The van der Waals surface area contributed by atoms with Crippen molar-refractivity contribution in [2.24, 2.45) is 0 Å². The number of rotatable bonds is 8. The molecule has 3 aliphatic rings. The first-order valence-corrected chi connectivity index (χ1v) is 13.2. The molecule has 37 heavy (non-hydrogen) atoms. The van der Waals surface area contributed by atoms with Crippen LogP contribution in [-0.4, -0.2) is 117 Å². The smallest absolute Gasteiger partial charge is 0.236 e. The molecule has 1 aromatic carbocycles. The van der Waals surface area contributed by atoms with E-state index in [1.807, 2.05) is 12.1 Å². The van der Waals surface area contributed by atoms with Crippen LogP contribution in [0.2, 0.25) is 0 Å². The number of amides is 1. The van der Waals surface area contributed by atoms with Crippen molar-refractivity contribution in [2.45, 2.75) is 25.3 Å². The first kappa shape index (κ1) is 25.5. The van der Waals surface area contributed by atoms with Crippen LogP contribution in [0.15, 0.2) is 24.5 Å². The van der Waals surface area contributed by atoms with E-state index in [0.717, 1.165) is 75.5 Å². The number of ether oxygens (including phenoxy) is 3. The van der Waals surface area contributed by atoms with Gasteiger partial charge in [0.05, 0.1) is 46.0 Å². The largest absolute Gasteiger partial charge is 0.493 e. The summed E-state index contributed by atoms with van der Waals surface area (Å²) in [5.41, 5.74) is 1.56. The van der Waals surface area contributed by atoms with Crippen molar-refractivity contribution in [1.29, 1.82) is 0 Å². The Morgan fingerprint density at radius 2 is 1.54 bits per heavy atom. The minimum Gasteiger partial charge on any atom is -0.493 e. The van der Waals surface area contributed by atoms with Crippen LogP contribution in [0.5, 0.6) is 17.2 Å². The third-order valence-electron chi connectivity index (χ3n) is 7.91. The van der Waals surface area contributed by atoms with Crippen molar-refractivity contribution in [3.8, 4) is 28.5 Å². The molecule has 10 nitrogen and oxygen atoms in total. The van der Waals surface area contributed by atoms with Gasteiger partial charge in [0.25, 0.3) is 0 Å². The summed E-state index contributed by atoms with van der Waals surface area (Å²) >= 11 is 0. The Labute approximate surface area is 219 Å². The number of piperazine rings is 2. The highest BCUT2D eigenvalue weighted by atomic mass is 16.5. The van der Waals surface area contributed by atoms with Gasteiger partial charge in [-0.25, -0.2) is 4.98 Å². The van der Waals surface area contributed by atoms with Crippen LogP contribution in [0, 0.1) is 0 Å². The van der Waals surface area contributed by atoms with Crippen LogP contribution in [0.1, 0.15) is 19.3 Å². The Balaban J connectivity index is 1.13. The van der Waals surface area contributed by atoms with E-state index in [-0.39, 0.29) is 5.91 Å². The number of anilines is 1. The molecule has 3 fully saturated rings. The number of aromatic nitrogens is 2. The molecule has 0 radical (unpaired) electrons. The minimum atomic E-state index is 0.260. The normalized spacial score (nSPS) is 19.4. The Kier molecular flexibility index (Phi) is 7.95. The first-order chi connectivity index (χ1) is 18.1. The zero-order chi connectivity index (χ0) is 25.8. The molecule has 1 aromatic heterocycles. The lowest BCUT2D eigenvalue weighted by Gasteiger charge is -2.43. The van der Waals surface area contributed by atoms with Gasteiger partial charge in [0.2, 0.25) is 11.7 Å². The van der Waals surface area contributed by atoms with E-state index in [0.29, 0.717) is 23.8 Å². The summed E-state index contributed by atoms with van der Waals surface area (Å²) in [5, 5.41) is 0. The summed E-state index contributed by atoms with van der Waals surface area (Å²) in [5.74, 6) is 2.80. The van der Waals surface area contributed by atoms with Gasteiger partial charge >= 0.3 is 0 Å².